The minimum absolute atomic E-state index is 0.159. The molecule has 2 rings (SSSR count). The van der Waals surface area contributed by atoms with E-state index in [-0.39, 0.29) is 6.04 Å². The SMILES string of the molecule is CCn1ncnc1CC(NN)c1ccc(S(C)(=O)=O)cc1. The van der Waals surface area contributed by atoms with Crippen molar-refractivity contribution < 1.29 is 8.42 Å². The third kappa shape index (κ3) is 3.66. The maximum atomic E-state index is 11.5. The maximum absolute atomic E-state index is 11.5. The van der Waals surface area contributed by atoms with Gasteiger partial charge in [-0.1, -0.05) is 12.1 Å². The molecular formula is C13H19N5O2S. The Labute approximate surface area is 124 Å². The summed E-state index contributed by atoms with van der Waals surface area (Å²) in [6, 6.07) is 6.52. The molecule has 0 saturated carbocycles. The van der Waals surface area contributed by atoms with Crippen LogP contribution in [0.5, 0.6) is 0 Å². The predicted molar refractivity (Wildman–Crippen MR) is 79.0 cm³/mol. The van der Waals surface area contributed by atoms with Crippen molar-refractivity contribution in [2.45, 2.75) is 30.8 Å². The van der Waals surface area contributed by atoms with E-state index in [1.807, 2.05) is 6.92 Å². The number of nitrogens with two attached hydrogens (primary N) is 1. The Morgan fingerprint density at radius 3 is 2.52 bits per heavy atom. The number of aryl methyl sites for hydroxylation is 1. The molecule has 0 saturated heterocycles. The lowest BCUT2D eigenvalue weighted by atomic mass is 10.0. The summed E-state index contributed by atoms with van der Waals surface area (Å²) in [5.41, 5.74) is 3.63. The van der Waals surface area contributed by atoms with Crippen molar-refractivity contribution in [2.75, 3.05) is 6.26 Å². The van der Waals surface area contributed by atoms with Crippen LogP contribution in [0.2, 0.25) is 0 Å². The van der Waals surface area contributed by atoms with Gasteiger partial charge >= 0.3 is 0 Å². The average molecular weight is 309 g/mol. The largest absolute Gasteiger partial charge is 0.271 e. The molecule has 0 aliphatic rings. The van der Waals surface area contributed by atoms with Crippen molar-refractivity contribution in [3.05, 3.63) is 42.0 Å². The van der Waals surface area contributed by atoms with E-state index in [9.17, 15) is 8.42 Å². The zero-order valence-electron chi connectivity index (χ0n) is 12.0. The van der Waals surface area contributed by atoms with E-state index in [1.54, 1.807) is 28.9 Å². The monoisotopic (exact) mass is 309 g/mol. The van der Waals surface area contributed by atoms with Gasteiger partial charge in [0.1, 0.15) is 12.2 Å². The number of nitrogens with one attached hydrogen (secondary N) is 1. The van der Waals surface area contributed by atoms with Crippen molar-refractivity contribution in [2.24, 2.45) is 5.84 Å². The Morgan fingerprint density at radius 2 is 2.00 bits per heavy atom. The van der Waals surface area contributed by atoms with Gasteiger partial charge in [0.05, 0.1) is 10.9 Å². The number of sulfone groups is 1. The zero-order valence-corrected chi connectivity index (χ0v) is 12.8. The lowest BCUT2D eigenvalue weighted by Crippen LogP contribution is -2.30. The molecule has 3 N–H and O–H groups in total. The first kappa shape index (κ1) is 15.6. The number of nitrogens with zero attached hydrogens (tertiary/aromatic N) is 3. The van der Waals surface area contributed by atoms with E-state index in [0.717, 1.165) is 17.9 Å². The molecule has 0 radical (unpaired) electrons. The molecule has 2 aromatic rings. The summed E-state index contributed by atoms with van der Waals surface area (Å²) < 4.78 is 24.7. The molecule has 0 spiro atoms. The third-order valence-corrected chi connectivity index (χ3v) is 4.42. The first-order valence-corrected chi connectivity index (χ1v) is 8.47. The lowest BCUT2D eigenvalue weighted by Gasteiger charge is -2.16. The lowest BCUT2D eigenvalue weighted by molar-refractivity contribution is 0.510. The van der Waals surface area contributed by atoms with Gasteiger partial charge < -0.3 is 0 Å². The molecule has 0 aliphatic heterocycles. The van der Waals surface area contributed by atoms with Gasteiger partial charge in [0, 0.05) is 19.2 Å². The van der Waals surface area contributed by atoms with Crippen LogP contribution in [0.3, 0.4) is 0 Å². The van der Waals surface area contributed by atoms with Crippen LogP contribution >= 0.6 is 0 Å². The van der Waals surface area contributed by atoms with Gasteiger partial charge in [-0.05, 0) is 24.6 Å². The fourth-order valence-corrected chi connectivity index (χ4v) is 2.74. The molecule has 1 aromatic heterocycles. The summed E-state index contributed by atoms with van der Waals surface area (Å²) >= 11 is 0. The number of rotatable bonds is 6. The highest BCUT2D eigenvalue weighted by Gasteiger charge is 2.15. The van der Waals surface area contributed by atoms with Crippen molar-refractivity contribution >= 4 is 9.84 Å². The van der Waals surface area contributed by atoms with E-state index in [0.29, 0.717) is 11.3 Å². The van der Waals surface area contributed by atoms with Crippen LogP contribution in [0.4, 0.5) is 0 Å². The molecule has 0 amide bonds. The van der Waals surface area contributed by atoms with Gasteiger partial charge in [-0.25, -0.2) is 13.4 Å². The van der Waals surface area contributed by atoms with Gasteiger partial charge in [0.15, 0.2) is 9.84 Å². The van der Waals surface area contributed by atoms with E-state index in [2.05, 4.69) is 15.5 Å². The molecule has 1 atom stereocenters. The van der Waals surface area contributed by atoms with Crippen LogP contribution in [0.1, 0.15) is 24.4 Å². The molecule has 7 nitrogen and oxygen atoms in total. The summed E-state index contributed by atoms with van der Waals surface area (Å²) in [5, 5.41) is 4.12. The Bertz CT molecular complexity index is 694. The van der Waals surface area contributed by atoms with E-state index in [4.69, 9.17) is 5.84 Å². The molecular weight excluding hydrogens is 290 g/mol. The van der Waals surface area contributed by atoms with Gasteiger partial charge in [-0.3, -0.25) is 16.0 Å². The minimum Gasteiger partial charge on any atom is -0.271 e. The van der Waals surface area contributed by atoms with Crippen LogP contribution in [0, 0.1) is 0 Å². The first-order valence-electron chi connectivity index (χ1n) is 6.58. The second-order valence-electron chi connectivity index (χ2n) is 4.76. The Kier molecular flexibility index (Phi) is 4.71. The summed E-state index contributed by atoms with van der Waals surface area (Å²) in [6.07, 6.45) is 3.27. The normalized spacial score (nSPS) is 13.3. The van der Waals surface area contributed by atoms with Crippen molar-refractivity contribution in [1.82, 2.24) is 20.2 Å². The Balaban J connectivity index is 2.22. The summed E-state index contributed by atoms with van der Waals surface area (Å²) in [4.78, 5) is 4.51. The molecule has 0 fully saturated rings. The van der Waals surface area contributed by atoms with E-state index in [1.165, 1.54) is 12.6 Å². The maximum Gasteiger partial charge on any atom is 0.175 e. The Hall–Kier alpha value is -1.77. The topological polar surface area (TPSA) is 103 Å². The number of benzene rings is 1. The molecule has 1 heterocycles. The second-order valence-corrected chi connectivity index (χ2v) is 6.77. The molecule has 21 heavy (non-hydrogen) atoms. The molecule has 0 bridgehead atoms. The number of hydrogen-bond donors (Lipinski definition) is 2. The van der Waals surface area contributed by atoms with Gasteiger partial charge in [-0.15, -0.1) is 0 Å². The first-order chi connectivity index (χ1) is 9.95. The van der Waals surface area contributed by atoms with Crippen LogP contribution in [0.15, 0.2) is 35.5 Å². The number of aromatic nitrogens is 3. The van der Waals surface area contributed by atoms with Crippen LogP contribution < -0.4 is 11.3 Å². The van der Waals surface area contributed by atoms with Gasteiger partial charge in [0.25, 0.3) is 0 Å². The van der Waals surface area contributed by atoms with Gasteiger partial charge in [0.2, 0.25) is 0 Å². The smallest absolute Gasteiger partial charge is 0.175 e. The highest BCUT2D eigenvalue weighted by Crippen LogP contribution is 2.19. The number of hydrogen-bond acceptors (Lipinski definition) is 6. The molecule has 0 aliphatic carbocycles. The second kappa shape index (κ2) is 6.33. The summed E-state index contributed by atoms with van der Waals surface area (Å²) in [7, 11) is -3.19. The predicted octanol–water partition coefficient (Wildman–Crippen LogP) is 0.449. The van der Waals surface area contributed by atoms with Crippen LogP contribution in [0.25, 0.3) is 0 Å². The van der Waals surface area contributed by atoms with Crippen LogP contribution in [-0.2, 0) is 22.8 Å². The fraction of sp³-hybridized carbons (Fsp3) is 0.385. The van der Waals surface area contributed by atoms with Crippen molar-refractivity contribution in [3.63, 3.8) is 0 Å². The fourth-order valence-electron chi connectivity index (χ4n) is 2.11. The molecule has 1 unspecified atom stereocenters. The standard InChI is InChI=1S/C13H19N5O2S/c1-3-18-13(15-9-16-18)8-12(17-14)10-4-6-11(7-5-10)21(2,19)20/h4-7,9,12,17H,3,8,14H2,1-2H3. The summed E-state index contributed by atoms with van der Waals surface area (Å²) in [5.74, 6) is 6.44. The third-order valence-electron chi connectivity index (χ3n) is 3.29. The van der Waals surface area contributed by atoms with E-state index < -0.39 is 9.84 Å². The highest BCUT2D eigenvalue weighted by molar-refractivity contribution is 7.90. The molecule has 114 valence electrons. The van der Waals surface area contributed by atoms with Crippen LogP contribution in [-0.4, -0.2) is 29.4 Å². The average Bonchev–Trinajstić information content (AvgIpc) is 2.91. The van der Waals surface area contributed by atoms with Crippen molar-refractivity contribution in [3.8, 4) is 0 Å². The zero-order chi connectivity index (χ0) is 15.5. The molecule has 8 heteroatoms. The van der Waals surface area contributed by atoms with Crippen molar-refractivity contribution in [1.29, 1.82) is 0 Å². The molecule has 1 aromatic carbocycles. The van der Waals surface area contributed by atoms with Gasteiger partial charge in [-0.2, -0.15) is 5.10 Å². The van der Waals surface area contributed by atoms with E-state index >= 15 is 0 Å². The number of hydrazine groups is 1. The minimum atomic E-state index is -3.19. The highest BCUT2D eigenvalue weighted by atomic mass is 32.2. The quantitative estimate of drug-likeness (QED) is 0.593. The Morgan fingerprint density at radius 1 is 1.33 bits per heavy atom. The summed E-state index contributed by atoms with van der Waals surface area (Å²) in [6.45, 7) is 2.73.